The first-order chi connectivity index (χ1) is 40.0. The van der Waals surface area contributed by atoms with Crippen LogP contribution in [0.3, 0.4) is 0 Å². The number of rotatable bonds is 10. The fourth-order valence-electron chi connectivity index (χ4n) is 13.6. The predicted molar refractivity (Wildman–Crippen MR) is 344 cm³/mol. The topological polar surface area (TPSA) is 4.93 Å². The molecular formula is C80H61N. The predicted octanol–water partition coefficient (Wildman–Crippen LogP) is 21.0. The zero-order valence-corrected chi connectivity index (χ0v) is 46.0. The lowest BCUT2D eigenvalue weighted by Gasteiger charge is -2.18. The number of fused-ring (bicyclic) bond motifs is 8. The van der Waals surface area contributed by atoms with Crippen LogP contribution in [0.15, 0.2) is 255 Å². The summed E-state index contributed by atoms with van der Waals surface area (Å²) in [6, 6.07) is 89.5. The van der Waals surface area contributed by atoms with Gasteiger partial charge in [-0.25, -0.2) is 0 Å². The summed E-state index contributed by atoms with van der Waals surface area (Å²) in [5.74, 6) is 0. The van der Waals surface area contributed by atoms with Crippen molar-refractivity contribution >= 4 is 39.0 Å². The van der Waals surface area contributed by atoms with E-state index in [1.165, 1.54) is 161 Å². The first-order valence-corrected chi connectivity index (χ1v) is 29.1. The van der Waals surface area contributed by atoms with Crippen molar-refractivity contribution in [2.75, 3.05) is 0 Å². The van der Waals surface area contributed by atoms with Gasteiger partial charge in [0.2, 0.25) is 0 Å². The summed E-state index contributed by atoms with van der Waals surface area (Å²) >= 11 is 0. The molecule has 0 saturated carbocycles. The molecule has 386 valence electrons. The first-order valence-electron chi connectivity index (χ1n) is 29.1. The molecule has 0 bridgehead atoms. The number of aryl methyl sites for hydroxylation is 3. The summed E-state index contributed by atoms with van der Waals surface area (Å²) < 4.78 is 2.50. The van der Waals surface area contributed by atoms with E-state index >= 15 is 0 Å². The summed E-state index contributed by atoms with van der Waals surface area (Å²) in [4.78, 5) is 0. The number of aromatic nitrogens is 1. The number of hydrogen-bond acceptors (Lipinski definition) is 0. The maximum absolute atomic E-state index is 2.50. The van der Waals surface area contributed by atoms with Gasteiger partial charge in [0.25, 0.3) is 0 Å². The minimum atomic E-state index is 0.921. The Balaban J connectivity index is 0.769. The van der Waals surface area contributed by atoms with E-state index in [1.807, 2.05) is 0 Å². The number of allylic oxidation sites excluding steroid dienone is 3. The van der Waals surface area contributed by atoms with Gasteiger partial charge >= 0.3 is 0 Å². The Morgan fingerprint density at radius 1 is 0.358 bits per heavy atom. The normalized spacial score (nSPS) is 13.5. The molecule has 0 atom stereocenters. The monoisotopic (exact) mass is 1040 g/mol. The van der Waals surface area contributed by atoms with Crippen LogP contribution in [0.2, 0.25) is 0 Å². The van der Waals surface area contributed by atoms with Crippen LogP contribution in [0.25, 0.3) is 111 Å². The van der Waals surface area contributed by atoms with Crippen molar-refractivity contribution in [2.45, 2.75) is 52.4 Å². The molecule has 0 aliphatic heterocycles. The molecule has 3 aliphatic rings. The molecule has 0 N–H and O–H groups in total. The number of hydrogen-bond donors (Lipinski definition) is 0. The van der Waals surface area contributed by atoms with Crippen LogP contribution in [0.1, 0.15) is 82.3 Å². The third-order valence-electron chi connectivity index (χ3n) is 17.7. The van der Waals surface area contributed by atoms with Gasteiger partial charge in [-0.05, 0) is 215 Å². The van der Waals surface area contributed by atoms with Crippen LogP contribution in [-0.2, 0) is 25.7 Å². The molecule has 12 aromatic rings. The van der Waals surface area contributed by atoms with E-state index in [0.29, 0.717) is 0 Å². The number of nitrogens with zero attached hydrogens (tertiary/aromatic N) is 1. The molecule has 1 aromatic heterocycles. The second-order valence-corrected chi connectivity index (χ2v) is 22.4. The molecule has 0 radical (unpaired) electrons. The Hall–Kier alpha value is -9.56. The molecule has 0 fully saturated rings. The van der Waals surface area contributed by atoms with Crippen LogP contribution in [0.5, 0.6) is 0 Å². The zero-order chi connectivity index (χ0) is 54.0. The highest BCUT2D eigenvalue weighted by Gasteiger charge is 2.24. The van der Waals surface area contributed by atoms with Gasteiger partial charge in [0.05, 0.1) is 11.0 Å². The Morgan fingerprint density at radius 2 is 0.802 bits per heavy atom. The highest BCUT2D eigenvalue weighted by molar-refractivity contribution is 6.12. The zero-order valence-electron chi connectivity index (χ0n) is 46.0. The van der Waals surface area contributed by atoms with Gasteiger partial charge in [0, 0.05) is 16.5 Å². The highest BCUT2D eigenvalue weighted by Crippen LogP contribution is 2.44. The first kappa shape index (κ1) is 48.6. The fraction of sp³-hybridized carbons (Fsp3) is 0.100. The molecule has 0 saturated heterocycles. The minimum absolute atomic E-state index is 0.921. The average molecular weight is 1040 g/mol. The van der Waals surface area contributed by atoms with Crippen molar-refractivity contribution in [2.24, 2.45) is 0 Å². The van der Waals surface area contributed by atoms with Gasteiger partial charge in [-0.2, -0.15) is 0 Å². The highest BCUT2D eigenvalue weighted by atomic mass is 15.0. The van der Waals surface area contributed by atoms with Crippen molar-refractivity contribution in [3.8, 4) is 72.4 Å². The van der Waals surface area contributed by atoms with E-state index < -0.39 is 0 Å². The van der Waals surface area contributed by atoms with E-state index in [9.17, 15) is 0 Å². The van der Waals surface area contributed by atoms with E-state index in [2.05, 4.69) is 279 Å². The minimum Gasteiger partial charge on any atom is -0.309 e. The smallest absolute Gasteiger partial charge is 0.0541 e. The van der Waals surface area contributed by atoms with Crippen molar-refractivity contribution < 1.29 is 0 Å². The summed E-state index contributed by atoms with van der Waals surface area (Å²) in [6.45, 7) is 4.33. The van der Waals surface area contributed by atoms with Crippen LogP contribution in [0, 0.1) is 0 Å². The van der Waals surface area contributed by atoms with E-state index in [1.54, 1.807) is 0 Å². The lowest BCUT2D eigenvalue weighted by molar-refractivity contribution is 0.977. The van der Waals surface area contributed by atoms with Gasteiger partial charge in [-0.1, -0.05) is 231 Å². The standard InChI is InChI=1S/C80H61N/c1-3-12-69-52(4-2)15-9-20-72(69)61-35-31-55(32-36-61)53-23-27-57(28-24-53)63-40-45-79-77(50-63)78-51-64(58-29-25-54(26-30-58)56-33-37-62(38-34-56)73-21-10-16-59-13-5-7-18-70(59)73)41-46-80(78)81(79)68-42-44-76-67(49-68)48-66-47-65(39-43-75(66)76)74-22-11-17-60-14-6-8-19-71(60)74/h3,5-9,12-15,18-47,49-51H,4,10-11,16-17,48H2,1-2H3/b12-3-. The van der Waals surface area contributed by atoms with Crippen molar-refractivity contribution in [1.29, 1.82) is 0 Å². The van der Waals surface area contributed by atoms with Crippen molar-refractivity contribution in [3.63, 3.8) is 0 Å². The van der Waals surface area contributed by atoms with Crippen LogP contribution in [0.4, 0.5) is 0 Å². The SMILES string of the molecule is C/C=C\c1c(CC)cccc1-c1ccc(-c2ccc(-c3ccc4c(c3)c3cc(-c5ccc(-c6ccc(C7=CCCc8ccccc87)cc6)cc5)ccc3n4-c3ccc4c(c3)Cc3cc(C5=CCCc6ccccc65)ccc3-4)cc2)cc1. The second kappa shape index (κ2) is 20.3. The summed E-state index contributed by atoms with van der Waals surface area (Å²) in [5.41, 5.74) is 34.9. The molecule has 81 heavy (non-hydrogen) atoms. The Morgan fingerprint density at radius 3 is 1.35 bits per heavy atom. The molecule has 11 aromatic carbocycles. The quantitative estimate of drug-likeness (QED) is 0.129. The maximum atomic E-state index is 2.50. The molecule has 0 unspecified atom stereocenters. The van der Waals surface area contributed by atoms with E-state index in [0.717, 1.165) is 38.5 Å². The molecule has 15 rings (SSSR count). The molecule has 1 nitrogen and oxygen atoms in total. The van der Waals surface area contributed by atoms with Crippen molar-refractivity contribution in [1.82, 2.24) is 4.57 Å². The Kier molecular flexibility index (Phi) is 12.2. The second-order valence-electron chi connectivity index (χ2n) is 22.4. The van der Waals surface area contributed by atoms with Crippen LogP contribution in [-0.4, -0.2) is 4.57 Å². The van der Waals surface area contributed by atoms with Gasteiger partial charge in [0.1, 0.15) is 0 Å². The third kappa shape index (κ3) is 8.64. The molecule has 3 aliphatic carbocycles. The number of benzene rings is 11. The van der Waals surface area contributed by atoms with Crippen LogP contribution < -0.4 is 0 Å². The van der Waals surface area contributed by atoms with Gasteiger partial charge in [-0.15, -0.1) is 0 Å². The van der Waals surface area contributed by atoms with Gasteiger partial charge in [0.15, 0.2) is 0 Å². The van der Waals surface area contributed by atoms with Crippen LogP contribution >= 0.6 is 0 Å². The van der Waals surface area contributed by atoms with E-state index in [4.69, 9.17) is 0 Å². The Bertz CT molecular complexity index is 4530. The molecule has 1 heterocycles. The fourth-order valence-corrected chi connectivity index (χ4v) is 13.6. The van der Waals surface area contributed by atoms with E-state index in [-0.39, 0.29) is 0 Å². The summed E-state index contributed by atoms with van der Waals surface area (Å²) in [7, 11) is 0. The third-order valence-corrected chi connectivity index (χ3v) is 17.7. The molecule has 1 heteroatoms. The lowest BCUT2D eigenvalue weighted by atomic mass is 9.86. The van der Waals surface area contributed by atoms with Gasteiger partial charge in [-0.3, -0.25) is 0 Å². The molecule has 0 amide bonds. The maximum Gasteiger partial charge on any atom is 0.0541 e. The van der Waals surface area contributed by atoms with Crippen molar-refractivity contribution in [3.05, 3.63) is 310 Å². The average Bonchev–Trinajstić information content (AvgIpc) is 4.31. The molecular weight excluding hydrogens is 975 g/mol. The van der Waals surface area contributed by atoms with Gasteiger partial charge < -0.3 is 4.57 Å². The largest absolute Gasteiger partial charge is 0.309 e. The summed E-state index contributed by atoms with van der Waals surface area (Å²) in [5, 5.41) is 2.49. The Labute approximate surface area is 476 Å². The lowest BCUT2D eigenvalue weighted by Crippen LogP contribution is -2.01. The summed E-state index contributed by atoms with van der Waals surface area (Å²) in [6.07, 6.45) is 15.6. The molecule has 0 spiro atoms.